The Morgan fingerprint density at radius 2 is 1.62 bits per heavy atom. The lowest BCUT2D eigenvalue weighted by Crippen LogP contribution is -2.46. The summed E-state index contributed by atoms with van der Waals surface area (Å²) in [6.45, 7) is 3.79. The third-order valence-corrected chi connectivity index (χ3v) is 5.84. The normalized spacial score (nSPS) is 20.9. The van der Waals surface area contributed by atoms with Gasteiger partial charge in [-0.1, -0.05) is 12.1 Å². The van der Waals surface area contributed by atoms with Gasteiger partial charge in [-0.3, -0.25) is 4.90 Å². The number of anilines is 1. The number of carboxylic acid groups (broad SMARTS) is 2. The maximum Gasteiger partial charge on any atom is 0.490 e. The van der Waals surface area contributed by atoms with E-state index in [0.29, 0.717) is 12.0 Å². The number of aliphatic carboxylic acids is 2. The summed E-state index contributed by atoms with van der Waals surface area (Å²) in [6, 6.07) is 10.5. The molecule has 3 N–H and O–H groups in total. The first-order valence-corrected chi connectivity index (χ1v) is 11.8. The number of nitrogens with zero attached hydrogens (tertiary/aromatic N) is 3. The Bertz CT molecular complexity index is 1060. The van der Waals surface area contributed by atoms with E-state index in [1.165, 1.54) is 5.56 Å². The van der Waals surface area contributed by atoms with Crippen molar-refractivity contribution < 1.29 is 55.6 Å². The molecule has 0 bridgehead atoms. The second-order valence-electron chi connectivity index (χ2n) is 8.85. The van der Waals surface area contributed by atoms with Gasteiger partial charge in [-0.2, -0.15) is 26.3 Å². The van der Waals surface area contributed by atoms with Crippen LogP contribution in [0.2, 0.25) is 0 Å². The van der Waals surface area contributed by atoms with Gasteiger partial charge in [-0.25, -0.2) is 19.6 Å². The summed E-state index contributed by atoms with van der Waals surface area (Å²) in [5.74, 6) is -3.90. The Morgan fingerprint density at radius 1 is 1.07 bits per heavy atom. The van der Waals surface area contributed by atoms with E-state index in [-0.39, 0.29) is 5.60 Å². The highest BCUT2D eigenvalue weighted by atomic mass is 19.4. The zero-order chi connectivity index (χ0) is 30.0. The van der Waals surface area contributed by atoms with Crippen LogP contribution >= 0.6 is 0 Å². The molecule has 1 spiro atoms. The molecule has 0 radical (unpaired) electrons. The number of ether oxygens (including phenoxy) is 2. The van der Waals surface area contributed by atoms with Gasteiger partial charge in [0.2, 0.25) is 5.95 Å². The van der Waals surface area contributed by atoms with Crippen LogP contribution in [0.1, 0.15) is 24.8 Å². The highest BCUT2D eigenvalue weighted by Gasteiger charge is 2.43. The fraction of sp³-hybridized carbons (Fsp3) is 0.500. The molecule has 40 heavy (non-hydrogen) atoms. The van der Waals surface area contributed by atoms with Crippen molar-refractivity contribution in [2.75, 3.05) is 32.1 Å². The number of aromatic nitrogens is 2. The molecule has 2 atom stereocenters. The van der Waals surface area contributed by atoms with E-state index in [2.05, 4.69) is 32.3 Å². The first-order chi connectivity index (χ1) is 18.6. The van der Waals surface area contributed by atoms with Crippen LogP contribution in [0, 0.1) is 0 Å². The number of likely N-dealkylation sites (tertiary alicyclic amines) is 1. The van der Waals surface area contributed by atoms with Crippen LogP contribution in [-0.2, 0) is 20.9 Å². The minimum atomic E-state index is -5.08. The van der Waals surface area contributed by atoms with E-state index in [0.717, 1.165) is 51.3 Å². The number of alkyl halides is 6. The maximum absolute atomic E-state index is 10.6. The van der Waals surface area contributed by atoms with Crippen LogP contribution in [0.5, 0.6) is 5.75 Å². The molecule has 10 nitrogen and oxygen atoms in total. The second-order valence-corrected chi connectivity index (χ2v) is 8.85. The molecule has 2 fully saturated rings. The zero-order valence-electron chi connectivity index (χ0n) is 21.2. The summed E-state index contributed by atoms with van der Waals surface area (Å²) in [4.78, 5) is 28.9. The van der Waals surface area contributed by atoms with Gasteiger partial charge in [0.15, 0.2) is 0 Å². The standard InChI is InChI=1S/C20H26N4O2.2C2HF3O2/c1-25-18-5-3-16(4-6-18)14-24-11-8-20(15-24)13-17(7-12-26-20)23-19-21-9-2-10-22-19;2*3-2(4,5)1(6)7/h2-6,9-10,17H,7-8,11-15H2,1H3,(H,21,22,23);2*(H,6,7)/t17-,20+;;/m0../s1. The predicted molar refractivity (Wildman–Crippen MR) is 128 cm³/mol. The minimum absolute atomic E-state index is 0.0445. The molecule has 1 aromatic carbocycles. The molecular formula is C24H28F6N4O6. The van der Waals surface area contributed by atoms with Crippen molar-refractivity contribution in [1.82, 2.24) is 14.9 Å². The molecule has 0 aliphatic carbocycles. The Morgan fingerprint density at radius 3 is 2.12 bits per heavy atom. The molecule has 222 valence electrons. The summed E-state index contributed by atoms with van der Waals surface area (Å²) >= 11 is 0. The summed E-state index contributed by atoms with van der Waals surface area (Å²) in [6.07, 6.45) is -3.53. The topological polar surface area (TPSA) is 134 Å². The average Bonchev–Trinajstić information content (AvgIpc) is 3.25. The van der Waals surface area contributed by atoms with Crippen LogP contribution in [0.15, 0.2) is 42.7 Å². The fourth-order valence-corrected chi connectivity index (χ4v) is 4.04. The summed E-state index contributed by atoms with van der Waals surface area (Å²) in [5, 5.41) is 17.7. The summed E-state index contributed by atoms with van der Waals surface area (Å²) in [5.41, 5.74) is 1.27. The zero-order valence-corrected chi connectivity index (χ0v) is 21.2. The van der Waals surface area contributed by atoms with Crippen LogP contribution in [0.25, 0.3) is 0 Å². The number of hydrogen-bond donors (Lipinski definition) is 3. The largest absolute Gasteiger partial charge is 0.497 e. The molecule has 0 saturated carbocycles. The van der Waals surface area contributed by atoms with Crippen molar-refractivity contribution in [3.8, 4) is 5.75 Å². The molecule has 16 heteroatoms. The number of methoxy groups -OCH3 is 1. The van der Waals surface area contributed by atoms with E-state index < -0.39 is 24.3 Å². The number of benzene rings is 1. The predicted octanol–water partition coefficient (Wildman–Crippen LogP) is 3.99. The van der Waals surface area contributed by atoms with Crippen molar-refractivity contribution in [3.05, 3.63) is 48.3 Å². The van der Waals surface area contributed by atoms with Crippen LogP contribution in [0.3, 0.4) is 0 Å². The summed E-state index contributed by atoms with van der Waals surface area (Å²) < 4.78 is 75.0. The lowest BCUT2D eigenvalue weighted by molar-refractivity contribution is -0.193. The third-order valence-electron chi connectivity index (χ3n) is 5.84. The smallest absolute Gasteiger partial charge is 0.490 e. The molecule has 0 unspecified atom stereocenters. The first-order valence-electron chi connectivity index (χ1n) is 11.8. The van der Waals surface area contributed by atoms with Gasteiger partial charge in [0.25, 0.3) is 0 Å². The SMILES string of the molecule is COc1ccc(CN2CC[C@@]3(C[C@@H](Nc4ncccn4)CCO3)C2)cc1.O=C(O)C(F)(F)F.O=C(O)C(F)(F)F. The van der Waals surface area contributed by atoms with Crippen LogP contribution in [-0.4, -0.2) is 87.8 Å². The highest BCUT2D eigenvalue weighted by Crippen LogP contribution is 2.35. The number of rotatable bonds is 5. The van der Waals surface area contributed by atoms with Gasteiger partial charge in [-0.15, -0.1) is 0 Å². The second kappa shape index (κ2) is 14.1. The number of carboxylic acids is 2. The first kappa shape index (κ1) is 32.6. The molecule has 2 aliphatic rings. The average molecular weight is 582 g/mol. The fourth-order valence-electron chi connectivity index (χ4n) is 4.04. The molecule has 0 amide bonds. The van der Waals surface area contributed by atoms with Crippen molar-refractivity contribution in [2.24, 2.45) is 0 Å². The number of carbonyl (C=O) groups is 2. The van der Waals surface area contributed by atoms with Gasteiger partial charge >= 0.3 is 24.3 Å². The molecule has 1 aromatic heterocycles. The molecule has 2 saturated heterocycles. The van der Waals surface area contributed by atoms with E-state index in [9.17, 15) is 26.3 Å². The molecular weight excluding hydrogens is 554 g/mol. The highest BCUT2D eigenvalue weighted by molar-refractivity contribution is 5.73. The maximum atomic E-state index is 10.6. The van der Waals surface area contributed by atoms with Crippen molar-refractivity contribution in [3.63, 3.8) is 0 Å². The lowest BCUT2D eigenvalue weighted by Gasteiger charge is -2.38. The van der Waals surface area contributed by atoms with Gasteiger partial charge in [0.05, 0.1) is 12.7 Å². The Balaban J connectivity index is 0.000000333. The Kier molecular flexibility index (Phi) is 11.5. The van der Waals surface area contributed by atoms with Gasteiger partial charge in [0, 0.05) is 44.7 Å². The lowest BCUT2D eigenvalue weighted by atomic mass is 9.89. The number of nitrogens with one attached hydrogen (secondary N) is 1. The number of halogens is 6. The third kappa shape index (κ3) is 10.8. The molecule has 2 aromatic rings. The molecule has 4 rings (SSSR count). The van der Waals surface area contributed by atoms with Crippen molar-refractivity contribution in [2.45, 2.75) is 49.8 Å². The molecule has 3 heterocycles. The Hall–Kier alpha value is -3.66. The van der Waals surface area contributed by atoms with Gasteiger partial charge in [0.1, 0.15) is 5.75 Å². The Labute approximate surface area is 224 Å². The van der Waals surface area contributed by atoms with Crippen LogP contribution < -0.4 is 10.1 Å². The van der Waals surface area contributed by atoms with Gasteiger partial charge in [-0.05, 0) is 43.0 Å². The van der Waals surface area contributed by atoms with E-state index >= 15 is 0 Å². The van der Waals surface area contributed by atoms with Crippen LogP contribution in [0.4, 0.5) is 32.3 Å². The molecule has 2 aliphatic heterocycles. The monoisotopic (exact) mass is 582 g/mol. The summed E-state index contributed by atoms with van der Waals surface area (Å²) in [7, 11) is 1.70. The van der Waals surface area contributed by atoms with Crippen molar-refractivity contribution >= 4 is 17.9 Å². The number of hydrogen-bond acceptors (Lipinski definition) is 8. The van der Waals surface area contributed by atoms with E-state index in [1.54, 1.807) is 19.5 Å². The van der Waals surface area contributed by atoms with E-state index in [1.807, 2.05) is 18.2 Å². The van der Waals surface area contributed by atoms with E-state index in [4.69, 9.17) is 29.3 Å². The van der Waals surface area contributed by atoms with Gasteiger partial charge < -0.3 is 25.0 Å². The minimum Gasteiger partial charge on any atom is -0.497 e. The van der Waals surface area contributed by atoms with Crippen molar-refractivity contribution in [1.29, 1.82) is 0 Å². The quantitative estimate of drug-likeness (QED) is 0.445.